The van der Waals surface area contributed by atoms with Gasteiger partial charge in [0.25, 0.3) is 5.91 Å². The molecule has 1 aromatic carbocycles. The molecule has 0 bridgehead atoms. The summed E-state index contributed by atoms with van der Waals surface area (Å²) >= 11 is 0. The molecular weight excluding hydrogens is 246 g/mol. The van der Waals surface area contributed by atoms with Crippen LogP contribution < -0.4 is 10.1 Å². The molecule has 2 N–H and O–H groups in total. The fourth-order valence-corrected chi connectivity index (χ4v) is 1.31. The minimum absolute atomic E-state index is 0.407. The number of amides is 1. The van der Waals surface area contributed by atoms with Gasteiger partial charge in [-0.3, -0.25) is 9.59 Å². The molecule has 0 aliphatic rings. The number of aliphatic carboxylic acids is 1. The van der Waals surface area contributed by atoms with Gasteiger partial charge in [-0.1, -0.05) is 13.8 Å². The zero-order valence-electron chi connectivity index (χ0n) is 11.3. The average molecular weight is 265 g/mol. The largest absolute Gasteiger partial charge is 0.493 e. The standard InChI is InChI=1S/C14H19NO4/c1-9(2)8-19-12-6-4-11(5-7-12)13(16)15-10(3)14(17)18/h4-7,9-10H,8H2,1-3H3,(H,15,16)(H,17,18)/t10-/m1/s1. The highest BCUT2D eigenvalue weighted by Gasteiger charge is 2.15. The Bertz CT molecular complexity index is 439. The highest BCUT2D eigenvalue weighted by Crippen LogP contribution is 2.13. The summed E-state index contributed by atoms with van der Waals surface area (Å²) in [5.41, 5.74) is 0.407. The van der Waals surface area contributed by atoms with E-state index >= 15 is 0 Å². The third-order valence-corrected chi connectivity index (χ3v) is 2.42. The molecule has 0 spiro atoms. The lowest BCUT2D eigenvalue weighted by Gasteiger charge is -2.11. The summed E-state index contributed by atoms with van der Waals surface area (Å²) < 4.78 is 5.50. The molecule has 0 saturated heterocycles. The summed E-state index contributed by atoms with van der Waals surface area (Å²) in [5, 5.41) is 11.1. The first-order valence-corrected chi connectivity index (χ1v) is 6.16. The van der Waals surface area contributed by atoms with Crippen molar-refractivity contribution < 1.29 is 19.4 Å². The first-order chi connectivity index (χ1) is 8.90. The van der Waals surface area contributed by atoms with Gasteiger partial charge >= 0.3 is 5.97 Å². The van der Waals surface area contributed by atoms with Gasteiger partial charge < -0.3 is 15.2 Å². The van der Waals surface area contributed by atoms with Crippen molar-refractivity contribution in [2.75, 3.05) is 6.61 Å². The van der Waals surface area contributed by atoms with Crippen LogP contribution in [0.25, 0.3) is 0 Å². The molecule has 0 aromatic heterocycles. The van der Waals surface area contributed by atoms with E-state index in [9.17, 15) is 9.59 Å². The number of carboxylic acids is 1. The van der Waals surface area contributed by atoms with Crippen molar-refractivity contribution in [1.82, 2.24) is 5.32 Å². The lowest BCUT2D eigenvalue weighted by molar-refractivity contribution is -0.138. The molecule has 104 valence electrons. The first kappa shape index (κ1) is 15.0. The summed E-state index contributed by atoms with van der Waals surface area (Å²) in [6.07, 6.45) is 0. The van der Waals surface area contributed by atoms with Gasteiger partial charge in [0.1, 0.15) is 11.8 Å². The molecule has 19 heavy (non-hydrogen) atoms. The quantitative estimate of drug-likeness (QED) is 0.824. The number of rotatable bonds is 6. The molecule has 0 saturated carbocycles. The minimum atomic E-state index is -1.06. The van der Waals surface area contributed by atoms with Crippen molar-refractivity contribution >= 4 is 11.9 Å². The number of carboxylic acid groups (broad SMARTS) is 1. The number of hydrogen-bond donors (Lipinski definition) is 2. The van der Waals surface area contributed by atoms with E-state index in [0.29, 0.717) is 23.8 Å². The fraction of sp³-hybridized carbons (Fsp3) is 0.429. The van der Waals surface area contributed by atoms with Crippen molar-refractivity contribution in [3.05, 3.63) is 29.8 Å². The maximum atomic E-state index is 11.7. The predicted molar refractivity (Wildman–Crippen MR) is 71.3 cm³/mol. The Morgan fingerprint density at radius 1 is 1.21 bits per heavy atom. The summed E-state index contributed by atoms with van der Waals surface area (Å²) in [5.74, 6) is -0.355. The van der Waals surface area contributed by atoms with Crippen LogP contribution in [0.15, 0.2) is 24.3 Å². The molecule has 1 amide bonds. The SMILES string of the molecule is CC(C)COc1ccc(C(=O)N[C@H](C)C(=O)O)cc1. The van der Waals surface area contributed by atoms with Crippen molar-refractivity contribution in [3.63, 3.8) is 0 Å². The second kappa shape index (κ2) is 6.78. The normalized spacial score (nSPS) is 12.0. The Labute approximate surface area is 112 Å². The van der Waals surface area contributed by atoms with E-state index in [1.807, 2.05) is 0 Å². The number of carbonyl (C=O) groups excluding carboxylic acids is 1. The van der Waals surface area contributed by atoms with Gasteiger partial charge in [0.05, 0.1) is 6.61 Å². The van der Waals surface area contributed by atoms with Gasteiger partial charge in [0, 0.05) is 5.56 Å². The van der Waals surface area contributed by atoms with E-state index in [2.05, 4.69) is 19.2 Å². The van der Waals surface area contributed by atoms with Crippen molar-refractivity contribution in [2.45, 2.75) is 26.8 Å². The predicted octanol–water partition coefficient (Wildman–Crippen LogP) is 1.92. The second-order valence-corrected chi connectivity index (χ2v) is 4.76. The van der Waals surface area contributed by atoms with Crippen LogP contribution in [0, 0.1) is 5.92 Å². The fourth-order valence-electron chi connectivity index (χ4n) is 1.31. The van der Waals surface area contributed by atoms with Crippen LogP contribution >= 0.6 is 0 Å². The third-order valence-electron chi connectivity index (χ3n) is 2.42. The van der Waals surface area contributed by atoms with E-state index in [4.69, 9.17) is 9.84 Å². The molecule has 1 rings (SSSR count). The van der Waals surface area contributed by atoms with E-state index in [1.54, 1.807) is 24.3 Å². The third kappa shape index (κ3) is 4.99. The van der Waals surface area contributed by atoms with Gasteiger partial charge in [-0.15, -0.1) is 0 Å². The van der Waals surface area contributed by atoms with Crippen LogP contribution in [0.3, 0.4) is 0 Å². The lowest BCUT2D eigenvalue weighted by atomic mass is 10.2. The van der Waals surface area contributed by atoms with E-state index in [0.717, 1.165) is 0 Å². The Morgan fingerprint density at radius 3 is 2.26 bits per heavy atom. The van der Waals surface area contributed by atoms with Crippen LogP contribution in [0.4, 0.5) is 0 Å². The van der Waals surface area contributed by atoms with Gasteiger partial charge in [0.15, 0.2) is 0 Å². The Morgan fingerprint density at radius 2 is 1.79 bits per heavy atom. The maximum absolute atomic E-state index is 11.7. The van der Waals surface area contributed by atoms with E-state index < -0.39 is 17.9 Å². The first-order valence-electron chi connectivity index (χ1n) is 6.16. The van der Waals surface area contributed by atoms with Crippen LogP contribution in [-0.2, 0) is 4.79 Å². The topological polar surface area (TPSA) is 75.6 Å². The van der Waals surface area contributed by atoms with Crippen molar-refractivity contribution in [1.29, 1.82) is 0 Å². The van der Waals surface area contributed by atoms with Crippen LogP contribution in [0.1, 0.15) is 31.1 Å². The highest BCUT2D eigenvalue weighted by atomic mass is 16.5. The molecule has 0 fully saturated rings. The van der Waals surface area contributed by atoms with E-state index in [1.165, 1.54) is 6.92 Å². The molecule has 0 heterocycles. The maximum Gasteiger partial charge on any atom is 0.325 e. The van der Waals surface area contributed by atoms with Crippen LogP contribution in [-0.4, -0.2) is 29.6 Å². The molecule has 5 heteroatoms. The van der Waals surface area contributed by atoms with Crippen molar-refractivity contribution in [2.24, 2.45) is 5.92 Å². The second-order valence-electron chi connectivity index (χ2n) is 4.76. The highest BCUT2D eigenvalue weighted by molar-refractivity contribution is 5.96. The van der Waals surface area contributed by atoms with Gasteiger partial charge in [-0.25, -0.2) is 0 Å². The molecule has 5 nitrogen and oxygen atoms in total. The summed E-state index contributed by atoms with van der Waals surface area (Å²) in [4.78, 5) is 22.4. The number of carbonyl (C=O) groups is 2. The summed E-state index contributed by atoms with van der Waals surface area (Å²) in [6, 6.07) is 5.70. The molecular formula is C14H19NO4. The Kier molecular flexibility index (Phi) is 5.36. The van der Waals surface area contributed by atoms with Gasteiger partial charge in [-0.2, -0.15) is 0 Å². The van der Waals surface area contributed by atoms with Crippen molar-refractivity contribution in [3.8, 4) is 5.75 Å². The molecule has 0 aliphatic heterocycles. The number of benzene rings is 1. The zero-order chi connectivity index (χ0) is 14.4. The smallest absolute Gasteiger partial charge is 0.325 e. The monoisotopic (exact) mass is 265 g/mol. The minimum Gasteiger partial charge on any atom is -0.493 e. The molecule has 1 atom stereocenters. The molecule has 1 aromatic rings. The zero-order valence-corrected chi connectivity index (χ0v) is 11.3. The van der Waals surface area contributed by atoms with Crippen LogP contribution in [0.2, 0.25) is 0 Å². The average Bonchev–Trinajstić information content (AvgIpc) is 2.36. The molecule has 0 radical (unpaired) electrons. The number of hydrogen-bond acceptors (Lipinski definition) is 3. The number of nitrogens with one attached hydrogen (secondary N) is 1. The lowest BCUT2D eigenvalue weighted by Crippen LogP contribution is -2.38. The summed E-state index contributed by atoms with van der Waals surface area (Å²) in [6.45, 7) is 6.13. The molecule has 0 unspecified atom stereocenters. The van der Waals surface area contributed by atoms with E-state index in [-0.39, 0.29) is 0 Å². The van der Waals surface area contributed by atoms with Gasteiger partial charge in [-0.05, 0) is 37.1 Å². The van der Waals surface area contributed by atoms with Gasteiger partial charge in [0.2, 0.25) is 0 Å². The Balaban J connectivity index is 2.60. The number of ether oxygens (including phenoxy) is 1. The summed E-state index contributed by atoms with van der Waals surface area (Å²) in [7, 11) is 0. The molecule has 0 aliphatic carbocycles. The van der Waals surface area contributed by atoms with Crippen LogP contribution in [0.5, 0.6) is 5.75 Å². The Hall–Kier alpha value is -2.04.